The molecule has 18 heavy (non-hydrogen) atoms. The average molecular weight is 246 g/mol. The van der Waals surface area contributed by atoms with Crippen molar-refractivity contribution >= 4 is 5.69 Å². The number of morpholine rings is 1. The first-order valence-corrected chi connectivity index (χ1v) is 7.03. The summed E-state index contributed by atoms with van der Waals surface area (Å²) in [5.74, 6) is 0. The molecule has 0 radical (unpaired) electrons. The normalized spacial score (nSPS) is 28.2. The Balaban J connectivity index is 1.57. The highest BCUT2D eigenvalue weighted by atomic mass is 16.5. The molecule has 0 aromatic heterocycles. The number of fused-ring (bicyclic) bond motifs is 1. The number of nitrogen functional groups attached to an aromatic ring is 1. The van der Waals surface area contributed by atoms with Crippen LogP contribution in [0.2, 0.25) is 0 Å². The highest BCUT2D eigenvalue weighted by Gasteiger charge is 2.35. The minimum absolute atomic E-state index is 0.505. The van der Waals surface area contributed by atoms with Gasteiger partial charge in [-0.1, -0.05) is 12.1 Å². The van der Waals surface area contributed by atoms with Gasteiger partial charge >= 0.3 is 0 Å². The van der Waals surface area contributed by atoms with Crippen LogP contribution < -0.4 is 5.73 Å². The van der Waals surface area contributed by atoms with E-state index in [4.69, 9.17) is 10.5 Å². The van der Waals surface area contributed by atoms with Gasteiger partial charge in [0.2, 0.25) is 0 Å². The third-order valence-corrected chi connectivity index (χ3v) is 4.26. The summed E-state index contributed by atoms with van der Waals surface area (Å²) in [6, 6.07) is 8.94. The monoisotopic (exact) mass is 246 g/mol. The molecule has 0 amide bonds. The smallest absolute Gasteiger partial charge is 0.0730 e. The molecule has 3 rings (SSSR count). The average Bonchev–Trinajstić information content (AvgIpc) is 2.87. The SMILES string of the molecule is Nc1ccc(CCN2CCOC3CCCC32)cc1. The second-order valence-corrected chi connectivity index (χ2v) is 5.44. The Kier molecular flexibility index (Phi) is 3.52. The number of ether oxygens (including phenoxy) is 1. The lowest BCUT2D eigenvalue weighted by Gasteiger charge is -2.37. The Morgan fingerprint density at radius 2 is 2.06 bits per heavy atom. The van der Waals surface area contributed by atoms with Crippen molar-refractivity contribution in [3.05, 3.63) is 29.8 Å². The van der Waals surface area contributed by atoms with E-state index < -0.39 is 0 Å². The van der Waals surface area contributed by atoms with Crippen LogP contribution in [-0.2, 0) is 11.2 Å². The van der Waals surface area contributed by atoms with Crippen molar-refractivity contribution in [1.29, 1.82) is 0 Å². The minimum Gasteiger partial charge on any atom is -0.399 e. The van der Waals surface area contributed by atoms with Crippen LogP contribution in [0.15, 0.2) is 24.3 Å². The number of hydrogen-bond acceptors (Lipinski definition) is 3. The van der Waals surface area contributed by atoms with E-state index in [9.17, 15) is 0 Å². The molecule has 2 unspecified atom stereocenters. The molecule has 1 aromatic carbocycles. The van der Waals surface area contributed by atoms with Crippen molar-refractivity contribution < 1.29 is 4.74 Å². The van der Waals surface area contributed by atoms with Crippen LogP contribution in [0.4, 0.5) is 5.69 Å². The molecular formula is C15H22N2O. The Hall–Kier alpha value is -1.06. The van der Waals surface area contributed by atoms with E-state index in [0.29, 0.717) is 12.1 Å². The van der Waals surface area contributed by atoms with Gasteiger partial charge in [-0.2, -0.15) is 0 Å². The molecule has 3 heteroatoms. The zero-order valence-corrected chi connectivity index (χ0v) is 10.8. The number of rotatable bonds is 3. The standard InChI is InChI=1S/C15H22N2O/c16-13-6-4-12(5-7-13)8-9-17-10-11-18-15-3-1-2-14(15)17/h4-7,14-15H,1-3,8-11,16H2. The molecule has 1 heterocycles. The van der Waals surface area contributed by atoms with Crippen molar-refractivity contribution in [3.8, 4) is 0 Å². The molecule has 1 saturated heterocycles. The van der Waals surface area contributed by atoms with Crippen molar-refractivity contribution in [2.75, 3.05) is 25.4 Å². The van der Waals surface area contributed by atoms with Crippen LogP contribution in [0.3, 0.4) is 0 Å². The fraction of sp³-hybridized carbons (Fsp3) is 0.600. The highest BCUT2D eigenvalue weighted by molar-refractivity contribution is 5.39. The lowest BCUT2D eigenvalue weighted by atomic mass is 10.1. The number of benzene rings is 1. The van der Waals surface area contributed by atoms with Gasteiger partial charge in [-0.15, -0.1) is 0 Å². The fourth-order valence-electron chi connectivity index (χ4n) is 3.24. The molecule has 1 aliphatic carbocycles. The first kappa shape index (κ1) is 12.0. The first-order valence-electron chi connectivity index (χ1n) is 7.03. The van der Waals surface area contributed by atoms with Crippen LogP contribution in [0.1, 0.15) is 24.8 Å². The van der Waals surface area contributed by atoms with Gasteiger partial charge < -0.3 is 10.5 Å². The van der Waals surface area contributed by atoms with E-state index in [0.717, 1.165) is 31.8 Å². The van der Waals surface area contributed by atoms with Crippen molar-refractivity contribution in [2.45, 2.75) is 37.8 Å². The molecule has 0 spiro atoms. The summed E-state index contributed by atoms with van der Waals surface area (Å²) in [5.41, 5.74) is 7.94. The van der Waals surface area contributed by atoms with Crippen LogP contribution in [0, 0.1) is 0 Å². The van der Waals surface area contributed by atoms with Crippen LogP contribution in [-0.4, -0.2) is 36.7 Å². The molecule has 3 nitrogen and oxygen atoms in total. The van der Waals surface area contributed by atoms with Gasteiger partial charge in [-0.3, -0.25) is 4.90 Å². The summed E-state index contributed by atoms with van der Waals surface area (Å²) >= 11 is 0. The highest BCUT2D eigenvalue weighted by Crippen LogP contribution is 2.29. The maximum atomic E-state index is 5.84. The van der Waals surface area contributed by atoms with Crippen LogP contribution >= 0.6 is 0 Å². The van der Waals surface area contributed by atoms with Crippen molar-refractivity contribution in [3.63, 3.8) is 0 Å². The predicted molar refractivity (Wildman–Crippen MR) is 73.5 cm³/mol. The molecule has 2 aliphatic rings. The lowest BCUT2D eigenvalue weighted by molar-refractivity contribution is -0.0549. The number of hydrogen-bond donors (Lipinski definition) is 1. The van der Waals surface area contributed by atoms with Crippen LogP contribution in [0.5, 0.6) is 0 Å². The number of nitrogens with two attached hydrogens (primary N) is 1. The maximum Gasteiger partial charge on any atom is 0.0730 e. The van der Waals surface area contributed by atoms with E-state index in [-0.39, 0.29) is 0 Å². The molecule has 2 N–H and O–H groups in total. The summed E-state index contributed by atoms with van der Waals surface area (Å²) in [6.07, 6.45) is 5.51. The molecule has 2 atom stereocenters. The Labute approximate surface area is 109 Å². The van der Waals surface area contributed by atoms with Gasteiger partial charge in [0.25, 0.3) is 0 Å². The first-order chi connectivity index (χ1) is 8.83. The maximum absolute atomic E-state index is 5.84. The van der Waals surface area contributed by atoms with Crippen molar-refractivity contribution in [1.82, 2.24) is 4.90 Å². The second kappa shape index (κ2) is 5.29. The summed E-state index contributed by atoms with van der Waals surface area (Å²) in [5, 5.41) is 0. The van der Waals surface area contributed by atoms with Gasteiger partial charge in [0.1, 0.15) is 0 Å². The molecule has 1 saturated carbocycles. The molecule has 2 fully saturated rings. The minimum atomic E-state index is 0.505. The number of nitrogens with zero attached hydrogens (tertiary/aromatic N) is 1. The largest absolute Gasteiger partial charge is 0.399 e. The Bertz CT molecular complexity index is 390. The van der Waals surface area contributed by atoms with Crippen LogP contribution in [0.25, 0.3) is 0 Å². The Morgan fingerprint density at radius 1 is 1.22 bits per heavy atom. The summed E-state index contributed by atoms with van der Waals surface area (Å²) in [7, 11) is 0. The molecule has 1 aliphatic heterocycles. The molecule has 1 aromatic rings. The quantitative estimate of drug-likeness (QED) is 0.830. The van der Waals surface area contributed by atoms with Gasteiger partial charge in [-0.05, 0) is 43.4 Å². The zero-order chi connectivity index (χ0) is 12.4. The topological polar surface area (TPSA) is 38.5 Å². The third kappa shape index (κ3) is 2.52. The van der Waals surface area contributed by atoms with E-state index in [1.54, 1.807) is 0 Å². The second-order valence-electron chi connectivity index (χ2n) is 5.44. The van der Waals surface area contributed by atoms with Gasteiger partial charge in [0.15, 0.2) is 0 Å². The summed E-state index contributed by atoms with van der Waals surface area (Å²) < 4.78 is 5.84. The number of anilines is 1. The van der Waals surface area contributed by atoms with E-state index in [2.05, 4.69) is 17.0 Å². The van der Waals surface area contributed by atoms with E-state index in [1.165, 1.54) is 24.8 Å². The fourth-order valence-corrected chi connectivity index (χ4v) is 3.24. The van der Waals surface area contributed by atoms with Crippen molar-refractivity contribution in [2.24, 2.45) is 0 Å². The van der Waals surface area contributed by atoms with E-state index in [1.807, 2.05) is 12.1 Å². The molecule has 0 bridgehead atoms. The summed E-state index contributed by atoms with van der Waals surface area (Å²) in [6.45, 7) is 3.15. The third-order valence-electron chi connectivity index (χ3n) is 4.26. The van der Waals surface area contributed by atoms with Gasteiger partial charge in [-0.25, -0.2) is 0 Å². The van der Waals surface area contributed by atoms with Gasteiger partial charge in [0, 0.05) is 24.8 Å². The summed E-state index contributed by atoms with van der Waals surface area (Å²) in [4.78, 5) is 2.62. The van der Waals surface area contributed by atoms with Gasteiger partial charge in [0.05, 0.1) is 12.7 Å². The molecular weight excluding hydrogens is 224 g/mol. The predicted octanol–water partition coefficient (Wildman–Crippen LogP) is 2.06. The zero-order valence-electron chi connectivity index (χ0n) is 10.8. The Morgan fingerprint density at radius 3 is 2.89 bits per heavy atom. The molecule has 98 valence electrons. The lowest BCUT2D eigenvalue weighted by Crippen LogP contribution is -2.49. The van der Waals surface area contributed by atoms with E-state index >= 15 is 0 Å².